The topological polar surface area (TPSA) is 128 Å². The third-order valence-corrected chi connectivity index (χ3v) is 4.72. The number of nitrogens with one attached hydrogen (secondary N) is 1. The average molecular weight is 398 g/mol. The maximum absolute atomic E-state index is 11.1. The largest absolute Gasteiger partial charge is 0.484 e. The number of imidazole rings is 1. The smallest absolute Gasteiger partial charge is 0.281 e. The lowest BCUT2D eigenvalue weighted by Crippen LogP contribution is -2.25. The Bertz CT molecular complexity index is 1030. The molecule has 144 valence electrons. The van der Waals surface area contributed by atoms with E-state index in [9.17, 15) is 4.79 Å². The van der Waals surface area contributed by atoms with Crippen LogP contribution in [0, 0.1) is 12.3 Å². The van der Waals surface area contributed by atoms with Crippen molar-refractivity contribution in [3.8, 4) is 18.1 Å². The third kappa shape index (κ3) is 4.51. The summed E-state index contributed by atoms with van der Waals surface area (Å²) in [6, 6.07) is 7.18. The summed E-state index contributed by atoms with van der Waals surface area (Å²) in [5, 5.41) is 9.24. The number of nitrogen functional groups attached to an aromatic ring is 1. The van der Waals surface area contributed by atoms with Gasteiger partial charge >= 0.3 is 0 Å². The van der Waals surface area contributed by atoms with Gasteiger partial charge in [0.2, 0.25) is 0 Å². The Kier molecular flexibility index (Phi) is 6.31. The number of carbonyl (C=O) groups excluding carboxylic acids is 1. The van der Waals surface area contributed by atoms with Gasteiger partial charge < -0.3 is 15.0 Å². The van der Waals surface area contributed by atoms with Crippen LogP contribution in [0.5, 0.6) is 5.75 Å². The van der Waals surface area contributed by atoms with Gasteiger partial charge in [-0.15, -0.1) is 12.3 Å². The van der Waals surface area contributed by atoms with Crippen molar-refractivity contribution in [1.29, 1.82) is 0 Å². The van der Waals surface area contributed by atoms with Crippen LogP contribution in [0.15, 0.2) is 40.6 Å². The summed E-state index contributed by atoms with van der Waals surface area (Å²) >= 11 is 1.41. The maximum atomic E-state index is 11.1. The number of ether oxygens (including phenoxy) is 1. The van der Waals surface area contributed by atoms with Gasteiger partial charge in [0.25, 0.3) is 5.91 Å². The Labute approximate surface area is 165 Å². The van der Waals surface area contributed by atoms with E-state index in [1.165, 1.54) is 23.6 Å². The number of terminal acetylenes is 1. The molecule has 4 N–H and O–H groups in total. The summed E-state index contributed by atoms with van der Waals surface area (Å²) in [4.78, 5) is 24.9. The van der Waals surface area contributed by atoms with Crippen LogP contribution in [-0.2, 0) is 11.3 Å². The molecule has 0 saturated heterocycles. The molecule has 1 amide bonds. The molecule has 3 aromatic rings. The molecule has 0 radical (unpaired) electrons. The minimum Gasteiger partial charge on any atom is -0.484 e. The predicted molar refractivity (Wildman–Crippen MR) is 104 cm³/mol. The molecule has 2 aromatic heterocycles. The van der Waals surface area contributed by atoms with Gasteiger partial charge in [-0.05, 0) is 24.6 Å². The van der Waals surface area contributed by atoms with Crippen molar-refractivity contribution >= 4 is 34.7 Å². The first-order chi connectivity index (χ1) is 13.6. The van der Waals surface area contributed by atoms with Crippen LogP contribution in [0.3, 0.4) is 0 Å². The normalized spacial score (nSPS) is 10.6. The minimum absolute atomic E-state index is 0.290. The zero-order valence-corrected chi connectivity index (χ0v) is 15.6. The molecular formula is C18H18N6O3S. The van der Waals surface area contributed by atoms with Crippen molar-refractivity contribution in [3.63, 3.8) is 0 Å². The summed E-state index contributed by atoms with van der Waals surface area (Å²) in [6.07, 6.45) is 8.18. The highest BCUT2D eigenvalue weighted by molar-refractivity contribution is 7.99. The fourth-order valence-electron chi connectivity index (χ4n) is 2.47. The molecule has 0 atom stereocenters. The molecule has 0 saturated carbocycles. The van der Waals surface area contributed by atoms with E-state index in [-0.39, 0.29) is 6.61 Å². The predicted octanol–water partition coefficient (Wildman–Crippen LogP) is 1.86. The zero-order chi connectivity index (χ0) is 19.9. The van der Waals surface area contributed by atoms with Crippen molar-refractivity contribution < 1.29 is 14.7 Å². The van der Waals surface area contributed by atoms with Crippen LogP contribution in [-0.4, -0.2) is 37.2 Å². The van der Waals surface area contributed by atoms with Gasteiger partial charge in [0.05, 0.1) is 0 Å². The Hall–Kier alpha value is -3.29. The lowest BCUT2D eigenvalue weighted by molar-refractivity contribution is -0.131. The van der Waals surface area contributed by atoms with Crippen molar-refractivity contribution in [1.82, 2.24) is 25.0 Å². The Morgan fingerprint density at radius 2 is 2.29 bits per heavy atom. The van der Waals surface area contributed by atoms with Crippen LogP contribution in [0.25, 0.3) is 11.2 Å². The average Bonchev–Trinajstić information content (AvgIpc) is 3.05. The van der Waals surface area contributed by atoms with Crippen LogP contribution in [0.2, 0.25) is 0 Å². The third-order valence-electron chi connectivity index (χ3n) is 3.74. The number of hydrogen-bond acceptors (Lipinski definition) is 8. The molecule has 0 bridgehead atoms. The van der Waals surface area contributed by atoms with E-state index >= 15 is 0 Å². The molecule has 0 fully saturated rings. The highest BCUT2D eigenvalue weighted by atomic mass is 32.2. The molecule has 0 aliphatic heterocycles. The molecule has 2 heterocycles. The number of amides is 1. The molecule has 0 aliphatic rings. The van der Waals surface area contributed by atoms with E-state index in [1.807, 2.05) is 10.6 Å². The van der Waals surface area contributed by atoms with Crippen LogP contribution < -0.4 is 16.0 Å². The number of carbonyl (C=O) groups is 1. The van der Waals surface area contributed by atoms with E-state index < -0.39 is 5.91 Å². The van der Waals surface area contributed by atoms with E-state index in [1.54, 1.807) is 18.2 Å². The summed E-state index contributed by atoms with van der Waals surface area (Å²) in [5.74, 6) is 2.80. The molecule has 0 spiro atoms. The number of anilines is 1. The lowest BCUT2D eigenvalue weighted by atomic mass is 10.3. The number of aromatic nitrogens is 4. The molecule has 9 nitrogen and oxygen atoms in total. The van der Waals surface area contributed by atoms with Crippen LogP contribution in [0.1, 0.15) is 12.8 Å². The first-order valence-corrected chi connectivity index (χ1v) is 9.18. The highest BCUT2D eigenvalue weighted by Gasteiger charge is 2.16. The number of unbranched alkanes of at least 4 members (excludes halogenated alkanes) is 1. The monoisotopic (exact) mass is 398 g/mol. The van der Waals surface area contributed by atoms with E-state index in [0.717, 1.165) is 11.3 Å². The molecule has 10 heteroatoms. The number of fused-ring (bicyclic) bond motifs is 1. The van der Waals surface area contributed by atoms with Crippen molar-refractivity contribution in [3.05, 3.63) is 30.6 Å². The summed E-state index contributed by atoms with van der Waals surface area (Å²) in [6.45, 7) is 0.355. The van der Waals surface area contributed by atoms with Gasteiger partial charge in [-0.2, -0.15) is 0 Å². The Balaban J connectivity index is 1.87. The maximum Gasteiger partial charge on any atom is 0.281 e. The fraction of sp³-hybridized carbons (Fsp3) is 0.222. The second-order valence-electron chi connectivity index (χ2n) is 5.69. The van der Waals surface area contributed by atoms with Crippen LogP contribution >= 0.6 is 11.8 Å². The van der Waals surface area contributed by atoms with Crippen molar-refractivity contribution in [2.75, 3.05) is 12.3 Å². The Morgan fingerprint density at radius 1 is 1.43 bits per heavy atom. The number of hydrogen-bond donors (Lipinski definition) is 3. The molecule has 3 rings (SSSR count). The summed E-state index contributed by atoms with van der Waals surface area (Å²) in [5.41, 5.74) is 8.66. The molecular weight excluding hydrogens is 380 g/mol. The number of benzene rings is 1. The van der Waals surface area contributed by atoms with Gasteiger partial charge in [-0.1, -0.05) is 17.8 Å². The molecule has 1 aromatic carbocycles. The second kappa shape index (κ2) is 9.07. The number of rotatable bonds is 8. The molecule has 28 heavy (non-hydrogen) atoms. The lowest BCUT2D eigenvalue weighted by Gasteiger charge is -2.09. The van der Waals surface area contributed by atoms with Gasteiger partial charge in [-0.3, -0.25) is 10.0 Å². The van der Waals surface area contributed by atoms with E-state index in [4.69, 9.17) is 22.1 Å². The van der Waals surface area contributed by atoms with Crippen molar-refractivity contribution in [2.45, 2.75) is 29.4 Å². The molecule has 0 aliphatic carbocycles. The first kappa shape index (κ1) is 19.5. The highest BCUT2D eigenvalue weighted by Crippen LogP contribution is 2.32. The number of nitrogens with two attached hydrogens (primary N) is 1. The number of hydroxylamine groups is 1. The van der Waals surface area contributed by atoms with E-state index in [0.29, 0.717) is 40.9 Å². The van der Waals surface area contributed by atoms with Crippen LogP contribution in [0.4, 0.5) is 5.82 Å². The quantitative estimate of drug-likeness (QED) is 0.227. The fourth-order valence-corrected chi connectivity index (χ4v) is 3.42. The second-order valence-corrected chi connectivity index (χ2v) is 6.73. The van der Waals surface area contributed by atoms with Crippen molar-refractivity contribution in [2.24, 2.45) is 0 Å². The summed E-state index contributed by atoms with van der Waals surface area (Å²) < 4.78 is 7.31. The Morgan fingerprint density at radius 3 is 3.07 bits per heavy atom. The van der Waals surface area contributed by atoms with Gasteiger partial charge in [0.15, 0.2) is 28.7 Å². The van der Waals surface area contributed by atoms with Gasteiger partial charge in [0, 0.05) is 17.9 Å². The zero-order valence-electron chi connectivity index (χ0n) is 14.8. The number of nitrogens with zero attached hydrogens (tertiary/aromatic N) is 4. The molecule has 0 unspecified atom stereocenters. The SMILES string of the molecule is C#CCCCn1c(Sc2cccc(OCC(=O)NO)c2)nc2c(N)ncnc21. The standard InChI is InChI=1S/C18H18N6O3S/c1-2-3-4-8-24-17-15(16(19)20-11-21-17)22-18(24)28-13-7-5-6-12(9-13)27-10-14(25)23-26/h1,5-7,9,11,26H,3-4,8,10H2,(H,23,25)(H2,19,20,21). The first-order valence-electron chi connectivity index (χ1n) is 8.36. The van der Waals surface area contributed by atoms with E-state index in [2.05, 4.69) is 20.9 Å². The number of aryl methyl sites for hydroxylation is 1. The summed E-state index contributed by atoms with van der Waals surface area (Å²) in [7, 11) is 0. The van der Waals surface area contributed by atoms with Gasteiger partial charge in [0.1, 0.15) is 12.1 Å². The van der Waals surface area contributed by atoms with Gasteiger partial charge in [-0.25, -0.2) is 20.4 Å². The minimum atomic E-state index is -0.637.